The van der Waals surface area contributed by atoms with E-state index in [4.69, 9.17) is 11.6 Å². The van der Waals surface area contributed by atoms with E-state index in [1.54, 1.807) is 48.5 Å². The minimum Gasteiger partial charge on any atom is -0.322 e. The second-order valence-corrected chi connectivity index (χ2v) is 7.01. The number of nitrogens with one attached hydrogen (secondary N) is 3. The SMILES string of the molecule is Cc1cccc(NC(=O)c2ccccc2NC(=O)C(=O)N/N=C/c2cccc(Cl)c2)c1. The third-order valence-electron chi connectivity index (χ3n) is 4.13. The molecule has 156 valence electrons. The number of anilines is 2. The van der Waals surface area contributed by atoms with Crippen molar-refractivity contribution >= 4 is 46.9 Å². The molecule has 3 aromatic carbocycles. The fourth-order valence-electron chi connectivity index (χ4n) is 2.69. The Bertz CT molecular complexity index is 1160. The lowest BCUT2D eigenvalue weighted by atomic mass is 10.1. The first-order valence-corrected chi connectivity index (χ1v) is 9.67. The molecule has 0 aromatic heterocycles. The maximum atomic E-state index is 12.7. The van der Waals surface area contributed by atoms with Crippen LogP contribution in [0.4, 0.5) is 11.4 Å². The number of carbonyl (C=O) groups excluding carboxylic acids is 3. The summed E-state index contributed by atoms with van der Waals surface area (Å²) in [5.74, 6) is -2.35. The fraction of sp³-hybridized carbons (Fsp3) is 0.0435. The van der Waals surface area contributed by atoms with Crippen molar-refractivity contribution in [2.24, 2.45) is 5.10 Å². The molecule has 0 heterocycles. The summed E-state index contributed by atoms with van der Waals surface area (Å²) in [6, 6.07) is 20.6. The van der Waals surface area contributed by atoms with Crippen molar-refractivity contribution in [1.29, 1.82) is 0 Å². The van der Waals surface area contributed by atoms with E-state index in [0.29, 0.717) is 16.3 Å². The van der Waals surface area contributed by atoms with E-state index in [2.05, 4.69) is 21.2 Å². The van der Waals surface area contributed by atoms with Gasteiger partial charge in [0.05, 0.1) is 17.5 Å². The van der Waals surface area contributed by atoms with Gasteiger partial charge in [-0.3, -0.25) is 14.4 Å². The van der Waals surface area contributed by atoms with Crippen molar-refractivity contribution in [2.75, 3.05) is 10.6 Å². The predicted molar refractivity (Wildman–Crippen MR) is 121 cm³/mol. The molecular formula is C23H19ClN4O3. The van der Waals surface area contributed by atoms with E-state index in [-0.39, 0.29) is 11.3 Å². The van der Waals surface area contributed by atoms with E-state index in [1.807, 2.05) is 25.1 Å². The van der Waals surface area contributed by atoms with Crippen LogP contribution >= 0.6 is 11.6 Å². The first-order chi connectivity index (χ1) is 14.9. The van der Waals surface area contributed by atoms with Crippen LogP contribution in [0.25, 0.3) is 0 Å². The van der Waals surface area contributed by atoms with Gasteiger partial charge < -0.3 is 10.6 Å². The zero-order valence-electron chi connectivity index (χ0n) is 16.6. The van der Waals surface area contributed by atoms with Crippen LogP contribution in [0.3, 0.4) is 0 Å². The molecule has 0 bridgehead atoms. The van der Waals surface area contributed by atoms with Crippen LogP contribution in [0.15, 0.2) is 77.9 Å². The van der Waals surface area contributed by atoms with Gasteiger partial charge in [0.2, 0.25) is 0 Å². The van der Waals surface area contributed by atoms with Crippen molar-refractivity contribution in [3.8, 4) is 0 Å². The van der Waals surface area contributed by atoms with Crippen LogP contribution in [0, 0.1) is 6.92 Å². The minimum absolute atomic E-state index is 0.201. The van der Waals surface area contributed by atoms with Gasteiger partial charge in [0.1, 0.15) is 0 Å². The number of rotatable bonds is 5. The van der Waals surface area contributed by atoms with Crippen molar-refractivity contribution in [2.45, 2.75) is 6.92 Å². The van der Waals surface area contributed by atoms with Gasteiger partial charge >= 0.3 is 11.8 Å². The van der Waals surface area contributed by atoms with E-state index in [1.165, 1.54) is 12.3 Å². The lowest BCUT2D eigenvalue weighted by molar-refractivity contribution is -0.136. The molecule has 0 fully saturated rings. The van der Waals surface area contributed by atoms with Crippen molar-refractivity contribution in [3.05, 3.63) is 94.5 Å². The Morgan fingerprint density at radius 2 is 1.65 bits per heavy atom. The Balaban J connectivity index is 1.64. The highest BCUT2D eigenvalue weighted by molar-refractivity contribution is 6.40. The number of benzene rings is 3. The van der Waals surface area contributed by atoms with Crippen LogP contribution in [0.1, 0.15) is 21.5 Å². The number of hydrogen-bond donors (Lipinski definition) is 3. The van der Waals surface area contributed by atoms with E-state index < -0.39 is 17.7 Å². The molecule has 31 heavy (non-hydrogen) atoms. The molecule has 0 saturated heterocycles. The summed E-state index contributed by atoms with van der Waals surface area (Å²) in [5, 5.41) is 9.48. The smallest absolute Gasteiger partial charge is 0.322 e. The molecule has 0 spiro atoms. The van der Waals surface area contributed by atoms with E-state index in [0.717, 1.165) is 5.56 Å². The molecule has 0 aliphatic heterocycles. The molecule has 0 saturated carbocycles. The zero-order valence-corrected chi connectivity index (χ0v) is 17.3. The van der Waals surface area contributed by atoms with Gasteiger partial charge in [0.15, 0.2) is 0 Å². The number of hydrogen-bond acceptors (Lipinski definition) is 4. The molecule has 3 rings (SSSR count). The van der Waals surface area contributed by atoms with Gasteiger partial charge in [-0.1, -0.05) is 48.0 Å². The Labute approximate surface area is 184 Å². The molecule has 0 radical (unpaired) electrons. The third-order valence-corrected chi connectivity index (χ3v) is 4.37. The van der Waals surface area contributed by atoms with Crippen molar-refractivity contribution < 1.29 is 14.4 Å². The van der Waals surface area contributed by atoms with Crippen LogP contribution < -0.4 is 16.1 Å². The summed E-state index contributed by atoms with van der Waals surface area (Å²) in [6.07, 6.45) is 1.36. The average Bonchev–Trinajstić information content (AvgIpc) is 2.74. The number of amides is 3. The number of carbonyl (C=O) groups is 3. The molecule has 3 amide bonds. The number of hydrazone groups is 1. The Kier molecular flexibility index (Phi) is 7.13. The maximum absolute atomic E-state index is 12.7. The quantitative estimate of drug-likeness (QED) is 0.321. The summed E-state index contributed by atoms with van der Waals surface area (Å²) >= 11 is 5.88. The average molecular weight is 435 g/mol. The number of nitrogens with zero attached hydrogens (tertiary/aromatic N) is 1. The second kappa shape index (κ2) is 10.2. The fourth-order valence-corrected chi connectivity index (χ4v) is 2.89. The highest BCUT2D eigenvalue weighted by Gasteiger charge is 2.17. The first-order valence-electron chi connectivity index (χ1n) is 9.29. The third kappa shape index (κ3) is 6.25. The normalized spacial score (nSPS) is 10.5. The van der Waals surface area contributed by atoms with Gasteiger partial charge in [-0.2, -0.15) is 5.10 Å². The summed E-state index contributed by atoms with van der Waals surface area (Å²) in [7, 11) is 0. The molecule has 0 atom stereocenters. The standard InChI is InChI=1S/C23H19ClN4O3/c1-15-6-4-9-18(12-15)26-21(29)19-10-2-3-11-20(19)27-22(30)23(31)28-25-14-16-7-5-8-17(24)13-16/h2-14H,1H3,(H,26,29)(H,27,30)(H,28,31)/b25-14+. The molecule has 0 aliphatic rings. The Hall–Kier alpha value is -3.97. The summed E-state index contributed by atoms with van der Waals surface area (Å²) in [6.45, 7) is 1.91. The van der Waals surface area contributed by atoms with Gasteiger partial charge in [-0.15, -0.1) is 0 Å². The van der Waals surface area contributed by atoms with Gasteiger partial charge in [-0.05, 0) is 54.4 Å². The molecule has 0 aliphatic carbocycles. The number of halogens is 1. The second-order valence-electron chi connectivity index (χ2n) is 6.58. The highest BCUT2D eigenvalue weighted by atomic mass is 35.5. The number of para-hydroxylation sites is 1. The summed E-state index contributed by atoms with van der Waals surface area (Å²) in [5.41, 5.74) is 4.83. The van der Waals surface area contributed by atoms with Crippen LogP contribution in [-0.4, -0.2) is 23.9 Å². The van der Waals surface area contributed by atoms with Crippen molar-refractivity contribution in [1.82, 2.24) is 5.43 Å². The Morgan fingerprint density at radius 1 is 0.871 bits per heavy atom. The molecular weight excluding hydrogens is 416 g/mol. The van der Waals surface area contributed by atoms with Crippen molar-refractivity contribution in [3.63, 3.8) is 0 Å². The van der Waals surface area contributed by atoms with Crippen LogP contribution in [0.2, 0.25) is 5.02 Å². The molecule has 8 heteroatoms. The predicted octanol–water partition coefficient (Wildman–Crippen LogP) is 3.99. The van der Waals surface area contributed by atoms with Crippen LogP contribution in [-0.2, 0) is 9.59 Å². The van der Waals surface area contributed by atoms with Gasteiger partial charge in [0.25, 0.3) is 5.91 Å². The van der Waals surface area contributed by atoms with E-state index in [9.17, 15) is 14.4 Å². The largest absolute Gasteiger partial charge is 0.329 e. The molecule has 3 aromatic rings. The zero-order chi connectivity index (χ0) is 22.2. The molecule has 7 nitrogen and oxygen atoms in total. The number of aryl methyl sites for hydroxylation is 1. The maximum Gasteiger partial charge on any atom is 0.329 e. The monoisotopic (exact) mass is 434 g/mol. The lowest BCUT2D eigenvalue weighted by Gasteiger charge is -2.11. The highest BCUT2D eigenvalue weighted by Crippen LogP contribution is 2.18. The van der Waals surface area contributed by atoms with Gasteiger partial charge in [-0.25, -0.2) is 5.43 Å². The molecule has 0 unspecified atom stereocenters. The minimum atomic E-state index is -0.979. The van der Waals surface area contributed by atoms with Crippen LogP contribution in [0.5, 0.6) is 0 Å². The van der Waals surface area contributed by atoms with Gasteiger partial charge in [0, 0.05) is 10.7 Å². The topological polar surface area (TPSA) is 99.7 Å². The van der Waals surface area contributed by atoms with E-state index >= 15 is 0 Å². The summed E-state index contributed by atoms with van der Waals surface area (Å²) < 4.78 is 0. The first kappa shape index (κ1) is 21.7. The lowest BCUT2D eigenvalue weighted by Crippen LogP contribution is -2.33. The molecule has 3 N–H and O–H groups in total. The summed E-state index contributed by atoms with van der Waals surface area (Å²) in [4.78, 5) is 36.9. The Morgan fingerprint density at radius 3 is 2.42 bits per heavy atom.